The number of aromatic hydroxyl groups is 1. The van der Waals surface area contributed by atoms with Crippen LogP contribution in [-0.2, 0) is 35.4 Å². The fraction of sp³-hybridized carbons (Fsp3) is 0.222. The largest absolute Gasteiger partial charge is 0.505 e. The van der Waals surface area contributed by atoms with Crippen LogP contribution in [0.1, 0.15) is 22.3 Å². The topological polar surface area (TPSA) is 74.7 Å². The van der Waals surface area contributed by atoms with E-state index in [2.05, 4.69) is 10.3 Å². The predicted molar refractivity (Wildman–Crippen MR) is 137 cm³/mol. The van der Waals surface area contributed by atoms with E-state index in [1.807, 2.05) is 37.3 Å². The Labute approximate surface area is 207 Å². The molecule has 1 atom stereocenters. The summed E-state index contributed by atoms with van der Waals surface area (Å²) >= 11 is 0. The van der Waals surface area contributed by atoms with Crippen LogP contribution >= 0.6 is 0 Å². The Hall–Kier alpha value is -3.33. The zero-order chi connectivity index (χ0) is 24.9. The molecule has 8 heteroatoms. The number of fused-ring (bicyclic) bond motifs is 1. The van der Waals surface area contributed by atoms with Crippen LogP contribution in [0.5, 0.6) is 5.75 Å². The van der Waals surface area contributed by atoms with Crippen molar-refractivity contribution in [2.75, 3.05) is 18.5 Å². The number of rotatable bonds is 9. The second-order valence-corrected chi connectivity index (χ2v) is 9.79. The molecule has 0 amide bonds. The maximum atomic E-state index is 13.6. The SMILES string of the molecule is COCc1c(CNCc2ccc(F)cc2)c(N(C)S(=O)c2ccc(C)cc2)c2cccnc2c1O. The van der Waals surface area contributed by atoms with Crippen LogP contribution in [0, 0.1) is 12.7 Å². The lowest BCUT2D eigenvalue weighted by atomic mass is 9.99. The third kappa shape index (κ3) is 5.35. The van der Waals surface area contributed by atoms with Crippen LogP contribution in [-0.4, -0.2) is 28.5 Å². The third-order valence-corrected chi connectivity index (χ3v) is 7.20. The van der Waals surface area contributed by atoms with E-state index in [9.17, 15) is 13.7 Å². The van der Waals surface area contributed by atoms with Gasteiger partial charge >= 0.3 is 0 Å². The molecule has 0 aliphatic carbocycles. The molecule has 4 aromatic rings. The van der Waals surface area contributed by atoms with Gasteiger partial charge in [-0.15, -0.1) is 0 Å². The number of hydrogen-bond donors (Lipinski definition) is 2. The molecule has 182 valence electrons. The van der Waals surface area contributed by atoms with Gasteiger partial charge in [-0.2, -0.15) is 0 Å². The Kier molecular flexibility index (Phi) is 7.75. The molecule has 0 saturated heterocycles. The summed E-state index contributed by atoms with van der Waals surface area (Å²) in [5, 5.41) is 15.2. The molecule has 0 aliphatic heterocycles. The van der Waals surface area contributed by atoms with E-state index in [4.69, 9.17) is 4.74 Å². The zero-order valence-corrected chi connectivity index (χ0v) is 20.7. The highest BCUT2D eigenvalue weighted by atomic mass is 32.2. The maximum Gasteiger partial charge on any atom is 0.152 e. The minimum Gasteiger partial charge on any atom is -0.505 e. The number of halogens is 1. The van der Waals surface area contributed by atoms with E-state index in [0.717, 1.165) is 16.7 Å². The minimum atomic E-state index is -1.50. The van der Waals surface area contributed by atoms with Gasteiger partial charge in [0.25, 0.3) is 0 Å². The molecule has 2 N–H and O–H groups in total. The van der Waals surface area contributed by atoms with Crippen LogP contribution < -0.4 is 9.62 Å². The number of aromatic nitrogens is 1. The first-order valence-electron chi connectivity index (χ1n) is 11.2. The summed E-state index contributed by atoms with van der Waals surface area (Å²) in [5.41, 5.74) is 4.46. The molecule has 0 fully saturated rings. The second-order valence-electron chi connectivity index (χ2n) is 8.28. The van der Waals surface area contributed by atoms with Gasteiger partial charge < -0.3 is 15.2 Å². The number of hydrogen-bond acceptors (Lipinski definition) is 5. The standard InChI is InChI=1S/C27H28FN3O3S/c1-18-6-12-21(13-7-18)35(33)31(2)26-22-5-4-14-30-25(22)27(32)24(17-34-3)23(26)16-29-15-19-8-10-20(28)11-9-19/h4-14,29,32H,15-17H2,1-3H3. The Morgan fingerprint density at radius 2 is 1.77 bits per heavy atom. The molecular weight excluding hydrogens is 465 g/mol. The van der Waals surface area contributed by atoms with Crippen LogP contribution in [0.2, 0.25) is 0 Å². The minimum absolute atomic E-state index is 0.0410. The molecule has 1 aromatic heterocycles. The van der Waals surface area contributed by atoms with Crippen molar-refractivity contribution >= 4 is 27.6 Å². The van der Waals surface area contributed by atoms with Crippen LogP contribution in [0.4, 0.5) is 10.1 Å². The van der Waals surface area contributed by atoms with Gasteiger partial charge in [0.05, 0.1) is 17.2 Å². The molecule has 0 bridgehead atoms. The summed E-state index contributed by atoms with van der Waals surface area (Å²) in [6.45, 7) is 2.99. The van der Waals surface area contributed by atoms with Gasteiger partial charge in [-0.3, -0.25) is 9.29 Å². The number of phenols is 1. The van der Waals surface area contributed by atoms with Gasteiger partial charge in [-0.1, -0.05) is 29.8 Å². The first-order chi connectivity index (χ1) is 16.9. The summed E-state index contributed by atoms with van der Waals surface area (Å²) in [6.07, 6.45) is 1.62. The van der Waals surface area contributed by atoms with E-state index in [1.165, 1.54) is 12.1 Å². The van der Waals surface area contributed by atoms with Gasteiger partial charge in [0, 0.05) is 50.0 Å². The van der Waals surface area contributed by atoms with E-state index in [1.54, 1.807) is 42.9 Å². The fourth-order valence-corrected chi connectivity index (χ4v) is 5.12. The first-order valence-corrected chi connectivity index (χ1v) is 12.3. The van der Waals surface area contributed by atoms with Gasteiger partial charge in [0.1, 0.15) is 17.1 Å². The average molecular weight is 494 g/mol. The number of phenolic OH excluding ortho intramolecular Hbond substituents is 1. The van der Waals surface area contributed by atoms with Gasteiger partial charge in [-0.25, -0.2) is 8.60 Å². The molecule has 4 rings (SSSR count). The van der Waals surface area contributed by atoms with Crippen LogP contribution in [0.3, 0.4) is 0 Å². The highest BCUT2D eigenvalue weighted by Crippen LogP contribution is 2.40. The summed E-state index contributed by atoms with van der Waals surface area (Å²) in [5.74, 6) is -0.245. The average Bonchev–Trinajstić information content (AvgIpc) is 2.87. The quantitative estimate of drug-likeness (QED) is 0.344. The maximum absolute atomic E-state index is 13.6. The molecule has 0 saturated carbocycles. The molecule has 35 heavy (non-hydrogen) atoms. The van der Waals surface area contributed by atoms with Gasteiger partial charge in [0.2, 0.25) is 0 Å². The van der Waals surface area contributed by atoms with E-state index >= 15 is 0 Å². The van der Waals surface area contributed by atoms with Crippen molar-refractivity contribution in [2.45, 2.75) is 31.5 Å². The monoisotopic (exact) mass is 493 g/mol. The molecule has 0 aliphatic rings. The summed E-state index contributed by atoms with van der Waals surface area (Å²) < 4.78 is 34.0. The molecule has 0 spiro atoms. The van der Waals surface area contributed by atoms with Crippen LogP contribution in [0.15, 0.2) is 71.8 Å². The molecule has 3 aromatic carbocycles. The number of aryl methyl sites for hydroxylation is 1. The predicted octanol–water partition coefficient (Wildman–Crippen LogP) is 4.98. The number of nitrogens with one attached hydrogen (secondary N) is 1. The highest BCUT2D eigenvalue weighted by molar-refractivity contribution is 7.86. The van der Waals surface area contributed by atoms with Crippen molar-refractivity contribution in [3.8, 4) is 5.75 Å². The fourth-order valence-electron chi connectivity index (χ4n) is 4.06. The lowest BCUT2D eigenvalue weighted by Gasteiger charge is -2.26. The zero-order valence-electron chi connectivity index (χ0n) is 19.9. The number of pyridine rings is 1. The lowest BCUT2D eigenvalue weighted by Crippen LogP contribution is -2.25. The number of nitrogens with zero attached hydrogens (tertiary/aromatic N) is 2. The van der Waals surface area contributed by atoms with Gasteiger partial charge in [0.15, 0.2) is 11.0 Å². The summed E-state index contributed by atoms with van der Waals surface area (Å²) in [7, 11) is 1.83. The van der Waals surface area contributed by atoms with E-state index in [-0.39, 0.29) is 18.2 Å². The van der Waals surface area contributed by atoms with E-state index < -0.39 is 11.0 Å². The van der Waals surface area contributed by atoms with Crippen molar-refractivity contribution in [3.63, 3.8) is 0 Å². The molecule has 0 radical (unpaired) electrons. The summed E-state index contributed by atoms with van der Waals surface area (Å²) in [4.78, 5) is 5.07. The highest BCUT2D eigenvalue weighted by Gasteiger charge is 2.25. The van der Waals surface area contributed by atoms with Crippen LogP contribution in [0.25, 0.3) is 10.9 Å². The molecule has 6 nitrogen and oxygen atoms in total. The lowest BCUT2D eigenvalue weighted by molar-refractivity contribution is 0.181. The van der Waals surface area contributed by atoms with Crippen molar-refractivity contribution in [1.82, 2.24) is 10.3 Å². The second kappa shape index (κ2) is 10.9. The number of methoxy groups -OCH3 is 1. The van der Waals surface area contributed by atoms with Gasteiger partial charge in [-0.05, 0) is 48.9 Å². The van der Waals surface area contributed by atoms with Crippen molar-refractivity contribution in [3.05, 3.63) is 94.9 Å². The molecule has 1 heterocycles. The van der Waals surface area contributed by atoms with Crippen molar-refractivity contribution < 1.29 is 18.4 Å². The number of benzene rings is 3. The molecular formula is C27H28FN3O3S. The normalized spacial score (nSPS) is 12.1. The Bertz CT molecular complexity index is 1340. The number of anilines is 1. The molecule has 1 unspecified atom stereocenters. The number of ether oxygens (including phenoxy) is 1. The van der Waals surface area contributed by atoms with Crippen molar-refractivity contribution in [2.24, 2.45) is 0 Å². The van der Waals surface area contributed by atoms with E-state index in [0.29, 0.717) is 40.1 Å². The Morgan fingerprint density at radius 3 is 2.46 bits per heavy atom. The Morgan fingerprint density at radius 1 is 1.06 bits per heavy atom. The third-order valence-electron chi connectivity index (χ3n) is 5.84. The smallest absolute Gasteiger partial charge is 0.152 e. The summed E-state index contributed by atoms with van der Waals surface area (Å²) in [6, 6.07) is 17.5. The first kappa shape index (κ1) is 24.8. The Balaban J connectivity index is 1.79. The van der Waals surface area contributed by atoms with Crippen molar-refractivity contribution in [1.29, 1.82) is 0 Å².